The number of amides is 3. The minimum absolute atomic E-state index is 0.0794. The molecule has 0 spiro atoms. The van der Waals surface area contributed by atoms with Crippen molar-refractivity contribution in [1.82, 2.24) is 15.2 Å². The standard InChI is InChI=1S/C46H53N5O7S/c1-30(52)11-12-32-26-34(46(2,3)4)28-41(43(32)57-6)50-45(54)49-40-13-14-42(39-10-8-7-9-38(39)40)58-36-15-16-47-35(29-36)24-31-23-33(27-37(25-31)56-5)44(53)48-17-18-51-19-21-59(55)22-20-51/h7-10,13-16,23,25-29H,11-12,17-22,24H2,1-6H3,(H,48,53)(H2,49,50,54). The molecule has 0 bridgehead atoms. The summed E-state index contributed by atoms with van der Waals surface area (Å²) in [7, 11) is 2.39. The molecule has 5 aromatic rings. The van der Waals surface area contributed by atoms with Gasteiger partial charge in [-0.05, 0) is 77.9 Å². The van der Waals surface area contributed by atoms with Crippen LogP contribution in [0, 0.1) is 0 Å². The summed E-state index contributed by atoms with van der Waals surface area (Å²) < 4.78 is 29.4. The molecule has 4 aromatic carbocycles. The largest absolute Gasteiger partial charge is 0.497 e. The number of urea groups is 1. The Labute approximate surface area is 348 Å². The zero-order valence-electron chi connectivity index (χ0n) is 34.6. The maximum atomic E-state index is 13.6. The van der Waals surface area contributed by atoms with Gasteiger partial charge in [0.25, 0.3) is 5.91 Å². The third kappa shape index (κ3) is 11.5. The van der Waals surface area contributed by atoms with Gasteiger partial charge in [-0.25, -0.2) is 4.79 Å². The molecule has 0 radical (unpaired) electrons. The summed E-state index contributed by atoms with van der Waals surface area (Å²) in [5.41, 5.74) is 4.85. The first-order valence-corrected chi connectivity index (χ1v) is 21.2. The molecule has 310 valence electrons. The van der Waals surface area contributed by atoms with Crippen molar-refractivity contribution in [2.75, 3.05) is 62.5 Å². The summed E-state index contributed by atoms with van der Waals surface area (Å²) in [5, 5.41) is 10.6. The number of rotatable bonds is 15. The highest BCUT2D eigenvalue weighted by atomic mass is 32.2. The van der Waals surface area contributed by atoms with Crippen LogP contribution in [0.5, 0.6) is 23.0 Å². The number of hydrogen-bond acceptors (Lipinski definition) is 9. The molecule has 13 heteroatoms. The van der Waals surface area contributed by atoms with Gasteiger partial charge < -0.3 is 35.0 Å². The lowest BCUT2D eigenvalue weighted by molar-refractivity contribution is -0.116. The summed E-state index contributed by atoms with van der Waals surface area (Å²) in [4.78, 5) is 45.4. The van der Waals surface area contributed by atoms with E-state index in [1.807, 2.05) is 60.7 Å². The molecule has 1 fully saturated rings. The summed E-state index contributed by atoms with van der Waals surface area (Å²) >= 11 is 0. The molecule has 0 saturated carbocycles. The summed E-state index contributed by atoms with van der Waals surface area (Å²) in [5.74, 6) is 3.50. The van der Waals surface area contributed by atoms with E-state index in [0.29, 0.717) is 83.8 Å². The van der Waals surface area contributed by atoms with Crippen LogP contribution in [-0.2, 0) is 33.9 Å². The first-order chi connectivity index (χ1) is 28.3. The predicted octanol–water partition coefficient (Wildman–Crippen LogP) is 7.89. The number of aryl methyl sites for hydroxylation is 1. The number of ether oxygens (including phenoxy) is 3. The molecule has 3 N–H and O–H groups in total. The predicted molar refractivity (Wildman–Crippen MR) is 234 cm³/mol. The Kier molecular flexibility index (Phi) is 14.0. The Morgan fingerprint density at radius 1 is 0.847 bits per heavy atom. The number of ketones is 1. The van der Waals surface area contributed by atoms with Crippen LogP contribution in [-0.4, -0.2) is 83.7 Å². The van der Waals surface area contributed by atoms with Gasteiger partial charge >= 0.3 is 6.03 Å². The second-order valence-electron chi connectivity index (χ2n) is 15.7. The molecule has 2 heterocycles. The zero-order chi connectivity index (χ0) is 42.1. The number of Topliss-reactive ketones (excluding diaryl/α,β-unsaturated/α-hetero) is 1. The van der Waals surface area contributed by atoms with Crippen molar-refractivity contribution >= 4 is 50.7 Å². The molecule has 12 nitrogen and oxygen atoms in total. The number of hydrogen-bond donors (Lipinski definition) is 3. The van der Waals surface area contributed by atoms with E-state index in [9.17, 15) is 18.6 Å². The molecule has 1 aromatic heterocycles. The highest BCUT2D eigenvalue weighted by molar-refractivity contribution is 7.85. The van der Waals surface area contributed by atoms with Gasteiger partial charge in [0, 0.05) is 95.6 Å². The van der Waals surface area contributed by atoms with Gasteiger partial charge in [0.05, 0.1) is 25.6 Å². The van der Waals surface area contributed by atoms with E-state index >= 15 is 0 Å². The number of methoxy groups -OCH3 is 2. The lowest BCUT2D eigenvalue weighted by Crippen LogP contribution is -2.42. The molecule has 0 unspecified atom stereocenters. The van der Waals surface area contributed by atoms with Crippen LogP contribution >= 0.6 is 0 Å². The number of carbonyl (C=O) groups is 3. The average Bonchev–Trinajstić information content (AvgIpc) is 3.21. The Hall–Kier alpha value is -5.79. The third-order valence-electron chi connectivity index (χ3n) is 10.2. The van der Waals surface area contributed by atoms with E-state index in [1.165, 1.54) is 0 Å². The lowest BCUT2D eigenvalue weighted by atomic mass is 9.85. The van der Waals surface area contributed by atoms with E-state index in [0.717, 1.165) is 46.2 Å². The van der Waals surface area contributed by atoms with Gasteiger partial charge in [-0.2, -0.15) is 0 Å². The average molecular weight is 820 g/mol. The van der Waals surface area contributed by atoms with E-state index in [1.54, 1.807) is 45.5 Å². The Morgan fingerprint density at radius 2 is 1.59 bits per heavy atom. The van der Waals surface area contributed by atoms with Crippen molar-refractivity contribution in [3.8, 4) is 23.0 Å². The fourth-order valence-corrected chi connectivity index (χ4v) is 8.12. The van der Waals surface area contributed by atoms with Gasteiger partial charge in [-0.1, -0.05) is 51.1 Å². The number of benzene rings is 4. The van der Waals surface area contributed by atoms with Crippen LogP contribution in [0.4, 0.5) is 16.2 Å². The van der Waals surface area contributed by atoms with E-state index in [4.69, 9.17) is 14.2 Å². The van der Waals surface area contributed by atoms with Crippen molar-refractivity contribution in [2.24, 2.45) is 0 Å². The monoisotopic (exact) mass is 819 g/mol. The number of fused-ring (bicyclic) bond motifs is 1. The van der Waals surface area contributed by atoms with Gasteiger partial charge in [0.1, 0.15) is 28.8 Å². The van der Waals surface area contributed by atoms with Crippen LogP contribution in [0.2, 0.25) is 0 Å². The number of carbonyl (C=O) groups excluding carboxylic acids is 3. The van der Waals surface area contributed by atoms with Gasteiger partial charge in [0.15, 0.2) is 0 Å². The summed E-state index contributed by atoms with van der Waals surface area (Å²) in [6.07, 6.45) is 2.98. The second-order valence-corrected chi connectivity index (χ2v) is 17.4. The molecule has 0 aliphatic carbocycles. The SMILES string of the molecule is COc1cc(Cc2cc(Oc3ccc(NC(=O)Nc4cc(C(C)(C)C)cc(CCC(C)=O)c4OC)c4ccccc34)ccn2)cc(C(=O)NCCN2CCS(=O)CC2)c1. The minimum Gasteiger partial charge on any atom is -0.497 e. The molecule has 1 aliphatic rings. The van der Waals surface area contributed by atoms with Crippen LogP contribution in [0.1, 0.15) is 66.9 Å². The van der Waals surface area contributed by atoms with Gasteiger partial charge in [-0.15, -0.1) is 0 Å². The summed E-state index contributed by atoms with van der Waals surface area (Å²) in [6, 6.07) is 23.9. The topological polar surface area (TPSA) is 148 Å². The molecule has 1 saturated heterocycles. The van der Waals surface area contributed by atoms with E-state index < -0.39 is 16.8 Å². The fourth-order valence-electron chi connectivity index (χ4n) is 6.99. The number of aromatic nitrogens is 1. The molecule has 6 rings (SSSR count). The van der Waals surface area contributed by atoms with Crippen molar-refractivity contribution in [2.45, 2.75) is 52.4 Å². The second kappa shape index (κ2) is 19.3. The molecule has 0 atom stereocenters. The quantitative estimate of drug-likeness (QED) is 0.0959. The molecule has 1 aliphatic heterocycles. The Bertz CT molecular complexity index is 2350. The number of anilines is 2. The third-order valence-corrected chi connectivity index (χ3v) is 11.5. The van der Waals surface area contributed by atoms with Crippen LogP contribution in [0.15, 0.2) is 85.1 Å². The van der Waals surface area contributed by atoms with Crippen molar-refractivity contribution < 1.29 is 32.8 Å². The van der Waals surface area contributed by atoms with Gasteiger partial charge in [0.2, 0.25) is 0 Å². The van der Waals surface area contributed by atoms with E-state index in [-0.39, 0.29) is 17.1 Å². The zero-order valence-corrected chi connectivity index (χ0v) is 35.4. The smallest absolute Gasteiger partial charge is 0.323 e. The highest BCUT2D eigenvalue weighted by Crippen LogP contribution is 2.38. The first kappa shape index (κ1) is 42.8. The van der Waals surface area contributed by atoms with Gasteiger partial charge in [-0.3, -0.25) is 18.9 Å². The number of nitrogens with zero attached hydrogens (tertiary/aromatic N) is 2. The number of pyridine rings is 1. The normalized spacial score (nSPS) is 13.5. The lowest BCUT2D eigenvalue weighted by Gasteiger charge is -2.25. The van der Waals surface area contributed by atoms with Crippen molar-refractivity contribution in [3.63, 3.8) is 0 Å². The Balaban J connectivity index is 1.15. The molecular formula is C46H53N5O7S. The Morgan fingerprint density at radius 3 is 2.31 bits per heavy atom. The van der Waals surface area contributed by atoms with Crippen molar-refractivity contribution in [3.05, 3.63) is 113 Å². The molecular weight excluding hydrogens is 767 g/mol. The molecule has 3 amide bonds. The fraction of sp³-hybridized carbons (Fsp3) is 0.348. The van der Waals surface area contributed by atoms with Crippen LogP contribution in [0.25, 0.3) is 10.8 Å². The van der Waals surface area contributed by atoms with Crippen LogP contribution in [0.3, 0.4) is 0 Å². The summed E-state index contributed by atoms with van der Waals surface area (Å²) in [6.45, 7) is 10.6. The number of nitrogens with one attached hydrogen (secondary N) is 3. The van der Waals surface area contributed by atoms with E-state index in [2.05, 4.69) is 46.6 Å². The maximum absolute atomic E-state index is 13.6. The minimum atomic E-state index is -0.740. The maximum Gasteiger partial charge on any atom is 0.323 e. The highest BCUT2D eigenvalue weighted by Gasteiger charge is 2.22. The van der Waals surface area contributed by atoms with Crippen molar-refractivity contribution in [1.29, 1.82) is 0 Å². The first-order valence-electron chi connectivity index (χ1n) is 19.8. The van der Waals surface area contributed by atoms with Crippen LogP contribution < -0.4 is 30.2 Å². The molecule has 59 heavy (non-hydrogen) atoms.